The summed E-state index contributed by atoms with van der Waals surface area (Å²) in [5.74, 6) is -1.43. The zero-order valence-electron chi connectivity index (χ0n) is 11.1. The van der Waals surface area contributed by atoms with Gasteiger partial charge in [-0.05, 0) is 19.3 Å². The van der Waals surface area contributed by atoms with Gasteiger partial charge in [-0.3, -0.25) is 4.79 Å². The fourth-order valence-corrected chi connectivity index (χ4v) is 3.04. The van der Waals surface area contributed by atoms with Gasteiger partial charge in [0.05, 0.1) is 5.75 Å². The number of carbonyl (C=O) groups is 2. The van der Waals surface area contributed by atoms with Gasteiger partial charge in [0.1, 0.15) is 15.4 Å². The third-order valence-electron chi connectivity index (χ3n) is 3.41. The fourth-order valence-electron chi connectivity index (χ4n) is 2.37. The van der Waals surface area contributed by atoms with Crippen molar-refractivity contribution < 1.29 is 23.1 Å². The van der Waals surface area contributed by atoms with Crippen molar-refractivity contribution in [3.63, 3.8) is 0 Å². The molecule has 0 atom stereocenters. The van der Waals surface area contributed by atoms with Crippen molar-refractivity contribution in [3.8, 4) is 0 Å². The van der Waals surface area contributed by atoms with Crippen LogP contribution in [0.2, 0.25) is 0 Å². The summed E-state index contributed by atoms with van der Waals surface area (Å²) in [6.45, 7) is 0. The van der Waals surface area contributed by atoms with Crippen molar-refractivity contribution in [1.82, 2.24) is 5.32 Å². The van der Waals surface area contributed by atoms with E-state index in [2.05, 4.69) is 5.32 Å². The van der Waals surface area contributed by atoms with E-state index in [4.69, 9.17) is 0 Å². The lowest BCUT2D eigenvalue weighted by Crippen LogP contribution is -2.55. The highest BCUT2D eigenvalue weighted by Crippen LogP contribution is 2.28. The average molecular weight is 291 g/mol. The van der Waals surface area contributed by atoms with Crippen LogP contribution in [0.15, 0.2) is 0 Å². The van der Waals surface area contributed by atoms with Gasteiger partial charge in [0.25, 0.3) is 0 Å². The van der Waals surface area contributed by atoms with Gasteiger partial charge in [-0.15, -0.1) is 0 Å². The first-order chi connectivity index (χ1) is 8.75. The normalized spacial score (nSPS) is 18.8. The van der Waals surface area contributed by atoms with Gasteiger partial charge in [0.2, 0.25) is 5.91 Å². The van der Waals surface area contributed by atoms with E-state index in [-0.39, 0.29) is 24.5 Å². The molecular formula is C12H21NO5S. The number of nitrogens with one attached hydrogen (secondary N) is 1. The smallest absolute Gasteiger partial charge is 0.329 e. The van der Waals surface area contributed by atoms with Crippen LogP contribution in [0, 0.1) is 0 Å². The van der Waals surface area contributed by atoms with E-state index in [9.17, 15) is 23.1 Å². The van der Waals surface area contributed by atoms with Crippen molar-refractivity contribution >= 4 is 21.7 Å². The molecule has 0 spiro atoms. The molecule has 1 amide bonds. The zero-order valence-corrected chi connectivity index (χ0v) is 12.0. The van der Waals surface area contributed by atoms with Crippen LogP contribution in [-0.4, -0.2) is 42.9 Å². The Morgan fingerprint density at radius 2 is 1.79 bits per heavy atom. The highest BCUT2D eigenvalue weighted by molar-refractivity contribution is 7.90. The largest absolute Gasteiger partial charge is 0.480 e. The number of carbonyl (C=O) groups excluding carboxylic acids is 1. The molecule has 0 aromatic rings. The lowest BCUT2D eigenvalue weighted by Gasteiger charge is -2.34. The van der Waals surface area contributed by atoms with Gasteiger partial charge in [-0.2, -0.15) is 0 Å². The first kappa shape index (κ1) is 15.9. The molecule has 6 nitrogen and oxygen atoms in total. The van der Waals surface area contributed by atoms with E-state index in [0.717, 1.165) is 25.5 Å². The summed E-state index contributed by atoms with van der Waals surface area (Å²) < 4.78 is 21.9. The molecule has 1 rings (SSSR count). The van der Waals surface area contributed by atoms with Crippen LogP contribution >= 0.6 is 0 Å². The van der Waals surface area contributed by atoms with E-state index < -0.39 is 21.3 Å². The predicted octanol–water partition coefficient (Wildman–Crippen LogP) is 0.715. The molecule has 0 saturated heterocycles. The lowest BCUT2D eigenvalue weighted by molar-refractivity contribution is -0.149. The molecule has 0 unspecified atom stereocenters. The number of hydrogen-bond donors (Lipinski definition) is 2. The van der Waals surface area contributed by atoms with Crippen LogP contribution in [-0.2, 0) is 19.4 Å². The molecule has 0 aromatic carbocycles. The van der Waals surface area contributed by atoms with Gasteiger partial charge in [0.15, 0.2) is 0 Å². The fraction of sp³-hybridized carbons (Fsp3) is 0.833. The maximum Gasteiger partial charge on any atom is 0.329 e. The Kier molecular flexibility index (Phi) is 5.34. The van der Waals surface area contributed by atoms with Crippen LogP contribution in [0.4, 0.5) is 0 Å². The molecule has 0 radical (unpaired) electrons. The number of amides is 1. The van der Waals surface area contributed by atoms with Gasteiger partial charge in [-0.25, -0.2) is 13.2 Å². The minimum atomic E-state index is -3.08. The summed E-state index contributed by atoms with van der Waals surface area (Å²) in [4.78, 5) is 23.1. The highest BCUT2D eigenvalue weighted by Gasteiger charge is 2.40. The number of carboxylic acids is 1. The first-order valence-corrected chi connectivity index (χ1v) is 8.53. The Bertz CT molecular complexity index is 437. The molecule has 1 fully saturated rings. The molecule has 0 aliphatic heterocycles. The van der Waals surface area contributed by atoms with Crippen LogP contribution < -0.4 is 5.32 Å². The monoisotopic (exact) mass is 291 g/mol. The summed E-state index contributed by atoms with van der Waals surface area (Å²) in [5, 5.41) is 11.9. The van der Waals surface area contributed by atoms with Crippen molar-refractivity contribution in [2.24, 2.45) is 0 Å². The minimum Gasteiger partial charge on any atom is -0.480 e. The van der Waals surface area contributed by atoms with Gasteiger partial charge in [0, 0.05) is 12.7 Å². The van der Waals surface area contributed by atoms with Crippen molar-refractivity contribution in [3.05, 3.63) is 0 Å². The highest BCUT2D eigenvalue weighted by atomic mass is 32.2. The van der Waals surface area contributed by atoms with Crippen molar-refractivity contribution in [1.29, 1.82) is 0 Å². The third kappa shape index (κ3) is 5.18. The van der Waals surface area contributed by atoms with E-state index in [1.54, 1.807) is 0 Å². The Labute approximate surface area is 113 Å². The third-order valence-corrected chi connectivity index (χ3v) is 4.44. The molecule has 7 heteroatoms. The standard InChI is InChI=1S/C12H21NO5S/c1-19(17,18)9-5-6-10(14)13-12(11(15)16)7-3-2-4-8-12/h2-9H2,1H3,(H,13,14)(H,15,16). The number of carboxylic acid groups (broad SMARTS) is 1. The van der Waals surface area contributed by atoms with Gasteiger partial charge >= 0.3 is 5.97 Å². The number of rotatable bonds is 6. The first-order valence-electron chi connectivity index (χ1n) is 6.47. The second-order valence-corrected chi connectivity index (χ2v) is 7.49. The maximum absolute atomic E-state index is 11.7. The molecule has 2 N–H and O–H groups in total. The molecule has 0 aromatic heterocycles. The van der Waals surface area contributed by atoms with Crippen molar-refractivity contribution in [2.75, 3.05) is 12.0 Å². The topological polar surface area (TPSA) is 101 Å². The van der Waals surface area contributed by atoms with Gasteiger partial charge in [-0.1, -0.05) is 19.3 Å². The number of hydrogen-bond acceptors (Lipinski definition) is 4. The second-order valence-electron chi connectivity index (χ2n) is 5.23. The number of aliphatic carboxylic acids is 1. The summed E-state index contributed by atoms with van der Waals surface area (Å²) in [5.41, 5.74) is -1.15. The summed E-state index contributed by atoms with van der Waals surface area (Å²) in [7, 11) is -3.08. The van der Waals surface area contributed by atoms with Crippen LogP contribution in [0.1, 0.15) is 44.9 Å². The predicted molar refractivity (Wildman–Crippen MR) is 70.5 cm³/mol. The van der Waals surface area contributed by atoms with E-state index in [1.165, 1.54) is 0 Å². The van der Waals surface area contributed by atoms with Gasteiger partial charge < -0.3 is 10.4 Å². The molecule has 1 aliphatic rings. The van der Waals surface area contributed by atoms with Crippen LogP contribution in [0.25, 0.3) is 0 Å². The summed E-state index contributed by atoms with van der Waals surface area (Å²) in [6, 6.07) is 0. The van der Waals surface area contributed by atoms with E-state index in [1.807, 2.05) is 0 Å². The quantitative estimate of drug-likeness (QED) is 0.751. The molecule has 1 saturated carbocycles. The Balaban J connectivity index is 2.51. The second kappa shape index (κ2) is 6.36. The Morgan fingerprint density at radius 3 is 2.26 bits per heavy atom. The molecule has 0 heterocycles. The Morgan fingerprint density at radius 1 is 1.21 bits per heavy atom. The van der Waals surface area contributed by atoms with Crippen LogP contribution in [0.5, 0.6) is 0 Å². The zero-order chi connectivity index (χ0) is 14.5. The molecule has 110 valence electrons. The molecular weight excluding hydrogens is 270 g/mol. The SMILES string of the molecule is CS(=O)(=O)CCCC(=O)NC1(C(=O)O)CCCCC1. The lowest BCUT2D eigenvalue weighted by atomic mass is 9.81. The average Bonchev–Trinajstić information content (AvgIpc) is 2.28. The summed E-state index contributed by atoms with van der Waals surface area (Å²) in [6.07, 6.45) is 4.83. The van der Waals surface area contributed by atoms with Crippen LogP contribution in [0.3, 0.4) is 0 Å². The Hall–Kier alpha value is -1.11. The summed E-state index contributed by atoms with van der Waals surface area (Å²) >= 11 is 0. The maximum atomic E-state index is 11.7. The minimum absolute atomic E-state index is 0.0437. The van der Waals surface area contributed by atoms with Crippen molar-refractivity contribution in [2.45, 2.75) is 50.5 Å². The number of sulfone groups is 1. The molecule has 1 aliphatic carbocycles. The molecule has 0 bridgehead atoms. The molecule has 19 heavy (non-hydrogen) atoms. The van der Waals surface area contributed by atoms with E-state index in [0.29, 0.717) is 12.8 Å². The van der Waals surface area contributed by atoms with E-state index >= 15 is 0 Å².